The number of aromatic nitrogens is 4. The lowest BCUT2D eigenvalue weighted by atomic mass is 9.85. The molecule has 4 fully saturated rings. The minimum atomic E-state index is -3.87. The maximum Gasteiger partial charge on any atom is 0.407 e. The number of amides is 5. The number of fused-ring (bicyclic) bond motifs is 14. The SMILES string of the molecule is C=CC1C[C@]1(CC(=O)[C@@H]1C[C@@H]2CN1C(=O)[C@H](C(C)(C)C)NC(=O)OCCCC/C=C/c1cccc(c1)-c1nc3ccccc3nc1O2)C(=O)NS(=O)(=O)C1CC1.CC(C)(C)[C@@H]1NC(=O)OCCCC/C=C/c2cccc(c2)-c2nc3ccccc3nc2O[C@@H]2C[C@@H](C(=O)O)N(C2)C1=O. The molecule has 6 aromatic rings. The summed E-state index contributed by atoms with van der Waals surface area (Å²) in [4.78, 5) is 117. The van der Waals surface area contributed by atoms with Crippen molar-refractivity contribution in [1.82, 2.24) is 45.1 Å². The van der Waals surface area contributed by atoms with E-state index in [9.17, 15) is 47.1 Å². The van der Waals surface area contributed by atoms with E-state index in [0.29, 0.717) is 59.1 Å². The average Bonchev–Trinajstić information content (AvgIpc) is 1.57. The zero-order valence-corrected chi connectivity index (χ0v) is 56.9. The fourth-order valence-electron chi connectivity index (χ4n) is 12.9. The number of rotatable bonds is 8. The summed E-state index contributed by atoms with van der Waals surface area (Å²) in [5.41, 5.74) is 4.33. The van der Waals surface area contributed by atoms with Crippen LogP contribution in [0, 0.1) is 22.2 Å². The number of sulfonamides is 1. The lowest BCUT2D eigenvalue weighted by Crippen LogP contribution is -2.57. The van der Waals surface area contributed by atoms with Crippen LogP contribution in [0.4, 0.5) is 9.59 Å². The second-order valence-electron chi connectivity index (χ2n) is 28.3. The number of carboxylic acid groups (broad SMARTS) is 1. The van der Waals surface area contributed by atoms with Gasteiger partial charge in [-0.1, -0.05) is 133 Å². The predicted octanol–water partition coefficient (Wildman–Crippen LogP) is 10.8. The van der Waals surface area contributed by atoms with Crippen LogP contribution in [-0.4, -0.2) is 153 Å². The summed E-state index contributed by atoms with van der Waals surface area (Å²) in [6, 6.07) is 26.4. The van der Waals surface area contributed by atoms with Crippen LogP contribution in [0.25, 0.3) is 56.7 Å². The van der Waals surface area contributed by atoms with Crippen molar-refractivity contribution in [3.63, 3.8) is 0 Å². The lowest BCUT2D eigenvalue weighted by Gasteiger charge is -2.35. The summed E-state index contributed by atoms with van der Waals surface area (Å²) in [5, 5.41) is 14.9. The van der Waals surface area contributed by atoms with E-state index < -0.39 is 115 Å². The van der Waals surface area contributed by atoms with Gasteiger partial charge in [0.15, 0.2) is 5.78 Å². The van der Waals surface area contributed by atoms with Crippen LogP contribution in [0.5, 0.6) is 11.8 Å². The fraction of sp³-hybridized carbons (Fsp3) is 0.446. The Labute approximate surface area is 570 Å². The largest absolute Gasteiger partial charge is 0.480 e. The van der Waals surface area contributed by atoms with Crippen molar-refractivity contribution < 1.29 is 66.0 Å². The number of ether oxygens (including phenoxy) is 4. The number of hydrogen-bond donors (Lipinski definition) is 4. The normalized spacial score (nSPS) is 24.9. The molecule has 4 N–H and O–H groups in total. The molecular formula is C74H85N9O14S. The topological polar surface area (TPSA) is 305 Å². The highest BCUT2D eigenvalue weighted by molar-refractivity contribution is 7.91. The van der Waals surface area contributed by atoms with Gasteiger partial charge in [0.2, 0.25) is 39.5 Å². The van der Waals surface area contributed by atoms with E-state index in [1.165, 1.54) is 9.80 Å². The number of hydrogen-bond acceptors (Lipinski definition) is 17. The Hall–Kier alpha value is -9.58. The van der Waals surface area contributed by atoms with Gasteiger partial charge in [0.1, 0.15) is 41.7 Å². The summed E-state index contributed by atoms with van der Waals surface area (Å²) < 4.78 is 51.7. The third-order valence-corrected chi connectivity index (χ3v) is 20.4. The van der Waals surface area contributed by atoms with Crippen molar-refractivity contribution in [2.75, 3.05) is 26.3 Å². The molecule has 4 aliphatic heterocycles. The van der Waals surface area contributed by atoms with Crippen LogP contribution in [0.1, 0.15) is 130 Å². The van der Waals surface area contributed by atoms with E-state index in [2.05, 4.69) is 34.1 Å². The van der Waals surface area contributed by atoms with E-state index >= 15 is 0 Å². The van der Waals surface area contributed by atoms with Gasteiger partial charge in [-0.3, -0.25) is 23.9 Å². The third-order valence-electron chi connectivity index (χ3n) is 18.6. The number of alkyl carbamates (subject to hydrolysis) is 2. The van der Waals surface area contributed by atoms with E-state index in [1.807, 2.05) is 151 Å². The number of cyclic esters (lactones) is 2. The number of aliphatic carboxylic acids is 1. The summed E-state index contributed by atoms with van der Waals surface area (Å²) in [6.45, 7) is 15.0. The minimum Gasteiger partial charge on any atom is -0.480 e. The molecule has 98 heavy (non-hydrogen) atoms. The van der Waals surface area contributed by atoms with Gasteiger partial charge in [0.05, 0.1) is 65.1 Å². The molecular weight excluding hydrogens is 1270 g/mol. The molecule has 1 unspecified atom stereocenters. The molecule has 6 heterocycles. The van der Waals surface area contributed by atoms with E-state index in [4.69, 9.17) is 38.9 Å². The molecule has 12 rings (SSSR count). The quantitative estimate of drug-likeness (QED) is 0.103. The smallest absolute Gasteiger partial charge is 0.407 e. The lowest BCUT2D eigenvalue weighted by molar-refractivity contribution is -0.150. The number of nitrogens with zero attached hydrogens (tertiary/aromatic N) is 6. The minimum absolute atomic E-state index is 0.00975. The number of allylic oxidation sites excluding steroid dienone is 3. The summed E-state index contributed by atoms with van der Waals surface area (Å²) in [7, 11) is -3.87. The molecule has 0 radical (unpaired) electrons. The van der Waals surface area contributed by atoms with Crippen molar-refractivity contribution in [1.29, 1.82) is 0 Å². The highest BCUT2D eigenvalue weighted by Gasteiger charge is 2.62. The van der Waals surface area contributed by atoms with Gasteiger partial charge >= 0.3 is 18.2 Å². The second-order valence-corrected chi connectivity index (χ2v) is 30.2. The number of ketones is 1. The molecule has 2 saturated heterocycles. The molecule has 0 spiro atoms. The van der Waals surface area contributed by atoms with Crippen molar-refractivity contribution >= 4 is 85.9 Å². The molecule has 516 valence electrons. The average molecular weight is 1360 g/mol. The Morgan fingerprint density at radius 1 is 0.643 bits per heavy atom. The first-order chi connectivity index (χ1) is 46.8. The van der Waals surface area contributed by atoms with Crippen LogP contribution >= 0.6 is 0 Å². The summed E-state index contributed by atoms with van der Waals surface area (Å²) >= 11 is 0. The van der Waals surface area contributed by atoms with Crippen molar-refractivity contribution in [2.24, 2.45) is 22.2 Å². The van der Waals surface area contributed by atoms with Crippen LogP contribution < -0.4 is 24.8 Å². The molecule has 24 heteroatoms. The van der Waals surface area contributed by atoms with Crippen LogP contribution in [0.2, 0.25) is 0 Å². The Balaban J connectivity index is 0.000000207. The Morgan fingerprint density at radius 3 is 1.52 bits per heavy atom. The highest BCUT2D eigenvalue weighted by atomic mass is 32.2. The van der Waals surface area contributed by atoms with Gasteiger partial charge in [0, 0.05) is 30.4 Å². The fourth-order valence-corrected chi connectivity index (χ4v) is 14.3. The number of Topliss-reactive ketones (excluding diaryl/α,β-unsaturated/α-hetero) is 1. The zero-order chi connectivity index (χ0) is 69.7. The van der Waals surface area contributed by atoms with Crippen molar-refractivity contribution in [3.05, 3.63) is 133 Å². The number of para-hydroxylation sites is 4. The summed E-state index contributed by atoms with van der Waals surface area (Å²) in [5.74, 6) is -3.25. The standard InChI is InChI=1S/C42H49N5O8S.C32H36N4O6/c1-5-28-23-42(28,39(50)46-56(52,53)30-18-19-30)24-34(48)33-22-29-25-47(33)38(49)36(41(2,3)4)45-40(51)54-20-11-7-6-8-13-26-14-12-15-27(21-26)35-37(55-29)44-32-17-10-9-16-31(32)43-35;1-32(2,3)27-29(37)36-19-22(18-25(36)30(38)39)42-28-26(33-23-14-7-8-15-24(23)34-28)21-13-10-12-20(17-21)11-6-4-5-9-16-41-31(40)35-27/h5,8-10,12-17,21,28-30,33,36H,1,6-7,11,18-20,22-25H2,2-4H3,(H,45,51)(H,46,50);6-8,10-15,17,22,25,27H,4-5,9,16,18-19H2,1-3H3,(H,35,40)(H,38,39)/b13-8+;11-6+/t28?,29-,33+,36-,42-;22-,25+,27-/m11/s1. The van der Waals surface area contributed by atoms with E-state index in [-0.39, 0.29) is 63.7 Å². The van der Waals surface area contributed by atoms with Gasteiger partial charge < -0.3 is 44.5 Å². The van der Waals surface area contributed by atoms with Gasteiger partial charge in [-0.05, 0) is 122 Å². The van der Waals surface area contributed by atoms with Gasteiger partial charge in [-0.15, -0.1) is 6.58 Å². The molecule has 2 aliphatic carbocycles. The van der Waals surface area contributed by atoms with Crippen LogP contribution in [0.15, 0.2) is 122 Å². The maximum absolute atomic E-state index is 14.7. The van der Waals surface area contributed by atoms with Crippen LogP contribution in [0.3, 0.4) is 0 Å². The Morgan fingerprint density at radius 2 is 1.09 bits per heavy atom. The van der Waals surface area contributed by atoms with E-state index in [0.717, 1.165) is 47.9 Å². The van der Waals surface area contributed by atoms with Gasteiger partial charge in [-0.25, -0.2) is 42.7 Å². The molecule has 8 bridgehead atoms. The highest BCUT2D eigenvalue weighted by Crippen LogP contribution is 2.57. The number of nitrogens with one attached hydrogen (secondary N) is 3. The zero-order valence-electron chi connectivity index (χ0n) is 56.1. The number of benzene rings is 4. The second kappa shape index (κ2) is 29.2. The van der Waals surface area contributed by atoms with Gasteiger partial charge in [0.25, 0.3) is 0 Å². The first kappa shape index (κ1) is 69.8. The monoisotopic (exact) mass is 1360 g/mol. The molecule has 6 aliphatic rings. The Kier molecular flexibility index (Phi) is 20.8. The van der Waals surface area contributed by atoms with Crippen molar-refractivity contribution in [2.45, 2.75) is 160 Å². The van der Waals surface area contributed by atoms with Crippen molar-refractivity contribution in [3.8, 4) is 34.3 Å². The predicted molar refractivity (Wildman–Crippen MR) is 368 cm³/mol. The number of carbonyl (C=O) groups excluding carboxylic acids is 6. The number of carboxylic acids is 1. The Bertz CT molecular complexity index is 4240. The molecule has 8 atom stereocenters. The molecule has 2 saturated carbocycles. The van der Waals surface area contributed by atoms with Gasteiger partial charge in [-0.2, -0.15) is 0 Å². The van der Waals surface area contributed by atoms with E-state index in [1.54, 1.807) is 6.08 Å². The van der Waals surface area contributed by atoms with Crippen LogP contribution in [-0.2, 0) is 43.5 Å². The first-order valence-electron chi connectivity index (χ1n) is 33.6. The summed E-state index contributed by atoms with van der Waals surface area (Å²) in [6.07, 6.45) is 12.4. The molecule has 23 nitrogen and oxygen atoms in total. The molecule has 5 amide bonds. The molecule has 4 aromatic carbocycles. The molecule has 2 aromatic heterocycles. The first-order valence-corrected chi connectivity index (χ1v) is 35.2. The number of carbonyl (C=O) groups is 7. The maximum atomic E-state index is 14.7. The third kappa shape index (κ3) is 16.3.